The molecule has 0 radical (unpaired) electrons. The molecule has 0 saturated carbocycles. The second-order valence-corrected chi connectivity index (χ2v) is 9.25. The molecule has 0 aliphatic carbocycles. The zero-order valence-corrected chi connectivity index (χ0v) is 17.9. The minimum atomic E-state index is -3.71. The van der Waals surface area contributed by atoms with E-state index in [0.29, 0.717) is 11.1 Å². The minimum Gasteiger partial charge on any atom is -0.351 e. The van der Waals surface area contributed by atoms with Crippen LogP contribution in [0.15, 0.2) is 47.4 Å². The number of nitrogens with zero attached hydrogens (tertiary/aromatic N) is 2. The molecule has 166 valence electrons. The van der Waals surface area contributed by atoms with E-state index in [1.165, 1.54) is 21.3 Å². The number of carbonyl (C=O) groups excluding carboxylic acids is 2. The average Bonchev–Trinajstić information content (AvgIpc) is 2.73. The summed E-state index contributed by atoms with van der Waals surface area (Å²) in [6, 6.07) is 8.59. The van der Waals surface area contributed by atoms with Crippen LogP contribution < -0.4 is 5.32 Å². The van der Waals surface area contributed by atoms with Crippen LogP contribution in [-0.4, -0.2) is 62.2 Å². The lowest BCUT2D eigenvalue weighted by Crippen LogP contribution is -2.50. The number of halogens is 3. The van der Waals surface area contributed by atoms with Gasteiger partial charge in [-0.25, -0.2) is 17.2 Å². The lowest BCUT2D eigenvalue weighted by atomic mass is 10.2. The maximum atomic E-state index is 13.6. The van der Waals surface area contributed by atoms with Crippen LogP contribution in [0, 0.1) is 11.6 Å². The molecule has 7 nitrogen and oxygen atoms in total. The highest BCUT2D eigenvalue weighted by atomic mass is 35.5. The Morgan fingerprint density at radius 1 is 1.03 bits per heavy atom. The molecule has 1 N–H and O–H groups in total. The van der Waals surface area contributed by atoms with Gasteiger partial charge in [0.25, 0.3) is 5.91 Å². The van der Waals surface area contributed by atoms with Crippen LogP contribution in [0.2, 0.25) is 5.02 Å². The molecule has 2 amide bonds. The van der Waals surface area contributed by atoms with Gasteiger partial charge >= 0.3 is 0 Å². The first-order valence-electron chi connectivity index (χ1n) is 9.45. The predicted molar refractivity (Wildman–Crippen MR) is 110 cm³/mol. The summed E-state index contributed by atoms with van der Waals surface area (Å²) in [6.45, 7) is 0.648. The molecule has 1 aliphatic heterocycles. The van der Waals surface area contributed by atoms with Crippen LogP contribution in [0.5, 0.6) is 0 Å². The maximum absolute atomic E-state index is 13.6. The van der Waals surface area contributed by atoms with Crippen LogP contribution in [0.4, 0.5) is 8.78 Å². The molecule has 11 heteroatoms. The highest BCUT2D eigenvalue weighted by molar-refractivity contribution is 7.89. The SMILES string of the molecule is O=C(NCCC(=O)N1CCN(S(=O)(=O)c2cccc(Cl)c2)CC1)c1ccc(F)cc1F. The fraction of sp³-hybridized carbons (Fsp3) is 0.300. The van der Waals surface area contributed by atoms with E-state index in [-0.39, 0.29) is 55.5 Å². The van der Waals surface area contributed by atoms with Crippen molar-refractivity contribution in [2.24, 2.45) is 0 Å². The van der Waals surface area contributed by atoms with Crippen LogP contribution in [0.3, 0.4) is 0 Å². The number of piperazine rings is 1. The first kappa shape index (κ1) is 23.1. The van der Waals surface area contributed by atoms with Crippen molar-refractivity contribution in [3.8, 4) is 0 Å². The number of amides is 2. The second kappa shape index (κ2) is 9.71. The summed E-state index contributed by atoms with van der Waals surface area (Å²) in [5.41, 5.74) is -0.311. The van der Waals surface area contributed by atoms with E-state index in [9.17, 15) is 26.8 Å². The number of hydrogen-bond acceptors (Lipinski definition) is 4. The van der Waals surface area contributed by atoms with Crippen LogP contribution in [-0.2, 0) is 14.8 Å². The van der Waals surface area contributed by atoms with Crippen molar-refractivity contribution in [2.45, 2.75) is 11.3 Å². The van der Waals surface area contributed by atoms with Gasteiger partial charge in [-0.1, -0.05) is 17.7 Å². The molecule has 0 aromatic heterocycles. The van der Waals surface area contributed by atoms with Gasteiger partial charge in [-0.05, 0) is 30.3 Å². The van der Waals surface area contributed by atoms with E-state index in [0.717, 1.165) is 12.1 Å². The highest BCUT2D eigenvalue weighted by Gasteiger charge is 2.30. The van der Waals surface area contributed by atoms with Crippen molar-refractivity contribution in [1.82, 2.24) is 14.5 Å². The summed E-state index contributed by atoms with van der Waals surface area (Å²) in [5.74, 6) is -2.79. The molecule has 1 aliphatic rings. The Labute approximate surface area is 183 Å². The monoisotopic (exact) mass is 471 g/mol. The van der Waals surface area contributed by atoms with Gasteiger partial charge in [0.1, 0.15) is 11.6 Å². The van der Waals surface area contributed by atoms with Crippen molar-refractivity contribution < 1.29 is 26.8 Å². The molecule has 2 aromatic carbocycles. The van der Waals surface area contributed by atoms with E-state index in [1.54, 1.807) is 12.1 Å². The lowest BCUT2D eigenvalue weighted by Gasteiger charge is -2.34. The second-order valence-electron chi connectivity index (χ2n) is 6.87. The number of hydrogen-bond donors (Lipinski definition) is 1. The van der Waals surface area contributed by atoms with Crippen molar-refractivity contribution in [1.29, 1.82) is 0 Å². The summed E-state index contributed by atoms with van der Waals surface area (Å²) >= 11 is 5.88. The highest BCUT2D eigenvalue weighted by Crippen LogP contribution is 2.21. The number of sulfonamides is 1. The standard InChI is InChI=1S/C20H20ClF2N3O4S/c21-14-2-1-3-16(12-14)31(29,30)26-10-8-25(9-11-26)19(27)6-7-24-20(28)17-5-4-15(22)13-18(17)23/h1-5,12-13H,6-11H2,(H,24,28). The van der Waals surface area contributed by atoms with Gasteiger partial charge in [0.15, 0.2) is 0 Å². The van der Waals surface area contributed by atoms with E-state index in [1.807, 2.05) is 0 Å². The Balaban J connectivity index is 1.48. The quantitative estimate of drug-likeness (QED) is 0.700. The van der Waals surface area contributed by atoms with Gasteiger partial charge in [0.2, 0.25) is 15.9 Å². The van der Waals surface area contributed by atoms with Gasteiger partial charge in [-0.15, -0.1) is 0 Å². The Kier molecular flexibility index (Phi) is 7.24. The third-order valence-corrected chi connectivity index (χ3v) is 6.96. The molecule has 1 heterocycles. The zero-order valence-electron chi connectivity index (χ0n) is 16.4. The average molecular weight is 472 g/mol. The fourth-order valence-corrected chi connectivity index (χ4v) is 4.89. The summed E-state index contributed by atoms with van der Waals surface area (Å²) in [7, 11) is -3.71. The molecule has 2 aromatic rings. The first-order chi connectivity index (χ1) is 14.7. The van der Waals surface area contributed by atoms with Gasteiger partial charge in [0, 0.05) is 50.2 Å². The molecular formula is C20H20ClF2N3O4S. The topological polar surface area (TPSA) is 86.8 Å². The normalized spacial score (nSPS) is 15.0. The fourth-order valence-electron chi connectivity index (χ4n) is 3.16. The van der Waals surface area contributed by atoms with Crippen LogP contribution in [0.1, 0.15) is 16.8 Å². The lowest BCUT2D eigenvalue weighted by molar-refractivity contribution is -0.132. The minimum absolute atomic E-state index is 0.0321. The Bertz CT molecular complexity index is 1090. The number of benzene rings is 2. The number of carbonyl (C=O) groups is 2. The summed E-state index contributed by atoms with van der Waals surface area (Å²) in [4.78, 5) is 25.9. The van der Waals surface area contributed by atoms with Gasteiger partial charge in [-0.2, -0.15) is 4.31 Å². The van der Waals surface area contributed by atoms with Crippen molar-refractivity contribution in [3.63, 3.8) is 0 Å². The van der Waals surface area contributed by atoms with Gasteiger partial charge < -0.3 is 10.2 Å². The maximum Gasteiger partial charge on any atom is 0.254 e. The van der Waals surface area contributed by atoms with Gasteiger partial charge in [0.05, 0.1) is 10.5 Å². The molecule has 0 spiro atoms. The smallest absolute Gasteiger partial charge is 0.254 e. The third-order valence-electron chi connectivity index (χ3n) is 4.83. The van der Waals surface area contributed by atoms with Crippen molar-refractivity contribution in [3.05, 3.63) is 64.7 Å². The number of nitrogens with one attached hydrogen (secondary N) is 1. The molecule has 1 fully saturated rings. The van der Waals surface area contributed by atoms with E-state index in [4.69, 9.17) is 11.6 Å². The third kappa shape index (κ3) is 5.57. The molecule has 0 atom stereocenters. The van der Waals surface area contributed by atoms with Crippen molar-refractivity contribution in [2.75, 3.05) is 32.7 Å². The summed E-state index contributed by atoms with van der Waals surface area (Å²) < 4.78 is 53.2. The first-order valence-corrected chi connectivity index (χ1v) is 11.3. The molecule has 31 heavy (non-hydrogen) atoms. The van der Waals surface area contributed by atoms with E-state index in [2.05, 4.69) is 5.32 Å². The largest absolute Gasteiger partial charge is 0.351 e. The molecule has 1 saturated heterocycles. The molecule has 0 unspecified atom stereocenters. The van der Waals surface area contributed by atoms with Crippen molar-refractivity contribution >= 4 is 33.4 Å². The molecule has 3 rings (SSSR count). The molecule has 0 bridgehead atoms. The van der Waals surface area contributed by atoms with Crippen LogP contribution in [0.25, 0.3) is 0 Å². The predicted octanol–water partition coefficient (Wildman–Crippen LogP) is 2.27. The Morgan fingerprint density at radius 3 is 2.39 bits per heavy atom. The zero-order chi connectivity index (χ0) is 22.6. The Morgan fingerprint density at radius 2 is 1.74 bits per heavy atom. The Hall–Kier alpha value is -2.56. The summed E-state index contributed by atoms with van der Waals surface area (Å²) in [6.07, 6.45) is -0.0321. The number of rotatable bonds is 6. The van der Waals surface area contributed by atoms with E-state index < -0.39 is 27.6 Å². The van der Waals surface area contributed by atoms with E-state index >= 15 is 0 Å². The summed E-state index contributed by atoms with van der Waals surface area (Å²) in [5, 5.41) is 2.74. The molecular weight excluding hydrogens is 452 g/mol. The van der Waals surface area contributed by atoms with Gasteiger partial charge in [-0.3, -0.25) is 9.59 Å². The van der Waals surface area contributed by atoms with Crippen LogP contribution >= 0.6 is 11.6 Å².